The number of rotatable bonds is 4. The predicted octanol–water partition coefficient (Wildman–Crippen LogP) is -1.62. The van der Waals surface area contributed by atoms with Crippen LogP contribution in [-0.4, -0.2) is 28.3 Å². The van der Waals surface area contributed by atoms with Gasteiger partial charge in [-0.25, -0.2) is 9.32 Å². The molecule has 0 fully saturated rings. The Bertz CT molecular complexity index is 211. The Hall–Kier alpha value is -1.04. The Labute approximate surface area is 67.5 Å². The minimum Gasteiger partial charge on any atom is -0.558 e. The summed E-state index contributed by atoms with van der Waals surface area (Å²) in [7, 11) is -3.40. The first-order valence-electron chi connectivity index (χ1n) is 2.69. The molecule has 0 radical (unpaired) electrons. The minimum absolute atomic E-state index is 0.887. The maximum atomic E-state index is 10.4. The lowest BCUT2D eigenvalue weighted by molar-refractivity contribution is -0.191. The zero-order chi connectivity index (χ0) is 9.72. The lowest BCUT2D eigenvalue weighted by Gasteiger charge is -2.00. The van der Waals surface area contributed by atoms with Crippen molar-refractivity contribution in [1.82, 2.24) is 0 Å². The number of aliphatic carboxylic acids is 1. The molecule has 8 heteroatoms. The summed E-state index contributed by atoms with van der Waals surface area (Å²) < 4.78 is 13.2. The van der Waals surface area contributed by atoms with Gasteiger partial charge in [-0.1, -0.05) is 0 Å². The maximum absolute atomic E-state index is 10.4. The van der Waals surface area contributed by atoms with Gasteiger partial charge in [0.1, 0.15) is 0 Å². The molecule has 0 aliphatic heterocycles. The largest absolute Gasteiger partial charge is 0.558 e. The highest BCUT2D eigenvalue weighted by molar-refractivity contribution is 7.31. The fourth-order valence-electron chi connectivity index (χ4n) is 0.383. The number of hydrogen-bond donors (Lipinski definition) is 2. The van der Waals surface area contributed by atoms with Gasteiger partial charge < -0.3 is 15.1 Å². The van der Waals surface area contributed by atoms with Gasteiger partial charge in [0.05, 0.1) is 6.42 Å². The van der Waals surface area contributed by atoms with E-state index in [2.05, 4.69) is 4.52 Å². The molecule has 0 heterocycles. The van der Waals surface area contributed by atoms with E-state index in [-0.39, 0.29) is 0 Å². The summed E-state index contributed by atoms with van der Waals surface area (Å²) in [6.45, 7) is 0. The number of aliphatic hydroxyl groups excluding tert-OH is 1. The van der Waals surface area contributed by atoms with Crippen LogP contribution < -0.4 is 4.89 Å². The molecule has 0 aliphatic rings. The van der Waals surface area contributed by atoms with Crippen molar-refractivity contribution in [3.05, 3.63) is 0 Å². The second kappa shape index (κ2) is 4.76. The fourth-order valence-corrected chi connectivity index (χ4v) is 0.652. The van der Waals surface area contributed by atoms with Crippen LogP contribution in [0.1, 0.15) is 6.42 Å². The van der Waals surface area contributed by atoms with E-state index in [9.17, 15) is 19.0 Å². The van der Waals surface area contributed by atoms with Crippen LogP contribution in [0.25, 0.3) is 0 Å². The van der Waals surface area contributed by atoms with Crippen LogP contribution in [0.3, 0.4) is 0 Å². The van der Waals surface area contributed by atoms with E-state index in [1.54, 1.807) is 0 Å². The number of aliphatic hydroxyl groups is 1. The molecule has 0 rings (SSSR count). The van der Waals surface area contributed by atoms with E-state index in [1.807, 2.05) is 0 Å². The standard InChI is InChI=1S/C4H5O7P/c5-2(1-3(6)7)4(8)11-12(9)10/h2,5H,1H2,(H,6,7). The normalized spacial score (nSPS) is 13.3. The molecule has 0 aromatic heterocycles. The quantitative estimate of drug-likeness (QED) is 0.517. The molecule has 7 nitrogen and oxygen atoms in total. The SMILES string of the molecule is O=C(O)CC(O)C(=O)O[P+](=O)[O-]. The van der Waals surface area contributed by atoms with E-state index in [4.69, 9.17) is 10.2 Å². The second-order valence-corrected chi connectivity index (χ2v) is 2.38. The van der Waals surface area contributed by atoms with Crippen LogP contribution in [-0.2, 0) is 18.7 Å². The Kier molecular flexibility index (Phi) is 4.35. The maximum Gasteiger partial charge on any atom is 0.542 e. The van der Waals surface area contributed by atoms with E-state index in [0.717, 1.165) is 0 Å². The van der Waals surface area contributed by atoms with Crippen molar-refractivity contribution < 1.29 is 33.8 Å². The topological polar surface area (TPSA) is 124 Å². The molecule has 0 aliphatic carbocycles. The number of hydrogen-bond acceptors (Lipinski definition) is 6. The zero-order valence-corrected chi connectivity index (χ0v) is 6.56. The molecule has 0 aromatic carbocycles. The molecule has 2 atom stereocenters. The van der Waals surface area contributed by atoms with Crippen molar-refractivity contribution in [2.45, 2.75) is 12.5 Å². The molecule has 0 saturated heterocycles. The third-order valence-corrected chi connectivity index (χ3v) is 1.13. The van der Waals surface area contributed by atoms with Gasteiger partial charge in [0, 0.05) is 0 Å². The van der Waals surface area contributed by atoms with Crippen LogP contribution in [0.15, 0.2) is 0 Å². The summed E-state index contributed by atoms with van der Waals surface area (Å²) in [6, 6.07) is 0. The molecular weight excluding hydrogens is 191 g/mol. The molecule has 2 unspecified atom stereocenters. The first kappa shape index (κ1) is 11.0. The molecule has 2 N–H and O–H groups in total. The van der Waals surface area contributed by atoms with Crippen LogP contribution in [0, 0.1) is 0 Å². The number of carboxylic acid groups (broad SMARTS) is 1. The number of carbonyl (C=O) groups excluding carboxylic acids is 1. The third-order valence-electron chi connectivity index (χ3n) is 0.805. The summed E-state index contributed by atoms with van der Waals surface area (Å²) in [5.74, 6) is -2.92. The van der Waals surface area contributed by atoms with Gasteiger partial charge in [0.15, 0.2) is 6.10 Å². The smallest absolute Gasteiger partial charge is 0.542 e. The molecule has 0 aromatic rings. The molecule has 0 bridgehead atoms. The van der Waals surface area contributed by atoms with Crippen molar-refractivity contribution in [2.24, 2.45) is 0 Å². The molecule has 0 saturated carbocycles. The van der Waals surface area contributed by atoms with Crippen molar-refractivity contribution in [3.63, 3.8) is 0 Å². The average Bonchev–Trinajstić information content (AvgIpc) is 1.84. The summed E-state index contributed by atoms with van der Waals surface area (Å²) in [5.41, 5.74) is 0. The van der Waals surface area contributed by atoms with Gasteiger partial charge in [-0.3, -0.25) is 4.79 Å². The van der Waals surface area contributed by atoms with Gasteiger partial charge in [0.25, 0.3) is 0 Å². The van der Waals surface area contributed by atoms with Crippen molar-refractivity contribution >= 4 is 20.2 Å². The summed E-state index contributed by atoms with van der Waals surface area (Å²) in [4.78, 5) is 30.0. The molecular formula is C4H5O7P. The van der Waals surface area contributed by atoms with Crippen LogP contribution >= 0.6 is 8.25 Å². The molecule has 0 spiro atoms. The molecule has 12 heavy (non-hydrogen) atoms. The van der Waals surface area contributed by atoms with Crippen LogP contribution in [0.4, 0.5) is 0 Å². The van der Waals surface area contributed by atoms with Gasteiger partial charge in [-0.2, -0.15) is 0 Å². The summed E-state index contributed by atoms with van der Waals surface area (Å²) in [6.07, 6.45) is -2.84. The minimum atomic E-state index is -3.40. The highest BCUT2D eigenvalue weighted by Crippen LogP contribution is 2.11. The average molecular weight is 196 g/mol. The highest BCUT2D eigenvalue weighted by Gasteiger charge is 2.25. The monoisotopic (exact) mass is 196 g/mol. The third kappa shape index (κ3) is 4.73. The van der Waals surface area contributed by atoms with Crippen molar-refractivity contribution in [3.8, 4) is 0 Å². The first-order chi connectivity index (χ1) is 5.43. The van der Waals surface area contributed by atoms with E-state index in [0.29, 0.717) is 0 Å². The lowest BCUT2D eigenvalue weighted by Crippen LogP contribution is -2.24. The second-order valence-electron chi connectivity index (χ2n) is 1.75. The lowest BCUT2D eigenvalue weighted by atomic mass is 10.3. The van der Waals surface area contributed by atoms with Crippen LogP contribution in [0.5, 0.6) is 0 Å². The Balaban J connectivity index is 3.93. The van der Waals surface area contributed by atoms with E-state index < -0.39 is 32.7 Å². The number of carboxylic acids is 1. The molecule has 0 amide bonds. The van der Waals surface area contributed by atoms with Crippen LogP contribution in [0.2, 0.25) is 0 Å². The van der Waals surface area contributed by atoms with Gasteiger partial charge in [0.2, 0.25) is 0 Å². The van der Waals surface area contributed by atoms with E-state index in [1.165, 1.54) is 0 Å². The van der Waals surface area contributed by atoms with Gasteiger partial charge in [-0.15, -0.1) is 0 Å². The highest BCUT2D eigenvalue weighted by atomic mass is 31.1. The van der Waals surface area contributed by atoms with E-state index >= 15 is 0 Å². The van der Waals surface area contributed by atoms with Crippen molar-refractivity contribution in [1.29, 1.82) is 0 Å². The Morgan fingerprint density at radius 2 is 2.08 bits per heavy atom. The predicted molar refractivity (Wildman–Crippen MR) is 32.0 cm³/mol. The fraction of sp³-hybridized carbons (Fsp3) is 0.500. The number of carbonyl (C=O) groups is 2. The Morgan fingerprint density at radius 3 is 2.42 bits per heavy atom. The van der Waals surface area contributed by atoms with Crippen molar-refractivity contribution in [2.75, 3.05) is 0 Å². The zero-order valence-electron chi connectivity index (χ0n) is 5.67. The van der Waals surface area contributed by atoms with Gasteiger partial charge >= 0.3 is 20.2 Å². The first-order valence-corrected chi connectivity index (χ1v) is 3.79. The van der Waals surface area contributed by atoms with Gasteiger partial charge in [-0.05, 0) is 4.57 Å². The Morgan fingerprint density at radius 1 is 1.58 bits per heavy atom. The molecule has 68 valence electrons. The summed E-state index contributed by atoms with van der Waals surface area (Å²) in [5, 5.41) is 16.7. The summed E-state index contributed by atoms with van der Waals surface area (Å²) >= 11 is 0.